The minimum atomic E-state index is -0.856. The third-order valence-electron chi connectivity index (χ3n) is 2.49. The number of carboxylic acids is 1. The van der Waals surface area contributed by atoms with E-state index in [1.54, 1.807) is 13.8 Å². The zero-order chi connectivity index (χ0) is 12.2. The normalized spacial score (nSPS) is 11.1. The Kier molecular flexibility index (Phi) is 3.82. The van der Waals surface area contributed by atoms with Gasteiger partial charge in [-0.15, -0.1) is 0 Å². The summed E-state index contributed by atoms with van der Waals surface area (Å²) in [6.07, 6.45) is 0.814. The van der Waals surface area contributed by atoms with E-state index in [1.165, 1.54) is 0 Å². The summed E-state index contributed by atoms with van der Waals surface area (Å²) in [4.78, 5) is 10.9. The first-order valence-corrected chi connectivity index (χ1v) is 5.25. The van der Waals surface area contributed by atoms with Crippen molar-refractivity contribution in [2.45, 2.75) is 26.7 Å². The van der Waals surface area contributed by atoms with E-state index < -0.39 is 11.4 Å². The Hall–Kier alpha value is -1.64. The van der Waals surface area contributed by atoms with Gasteiger partial charge in [0.25, 0.3) is 0 Å². The molecule has 0 aliphatic heterocycles. The van der Waals surface area contributed by atoms with Crippen molar-refractivity contribution in [2.75, 3.05) is 0 Å². The molecular weight excluding hydrogens is 202 g/mol. The number of carboxylic acid groups (broad SMARTS) is 1. The van der Waals surface area contributed by atoms with Crippen LogP contribution in [-0.2, 0) is 11.2 Å². The Labute approximate surface area is 95.6 Å². The topological polar surface area (TPSA) is 61.2 Å². The molecule has 0 aliphatic carbocycles. The largest absolute Gasteiger partial charge is 0.481 e. The van der Waals surface area contributed by atoms with Gasteiger partial charge in [0.2, 0.25) is 0 Å². The lowest BCUT2D eigenvalue weighted by Crippen LogP contribution is -2.27. The molecule has 0 fully saturated rings. The average molecular weight is 219 g/mol. The Morgan fingerprint density at radius 1 is 1.31 bits per heavy atom. The molecule has 0 heterocycles. The van der Waals surface area contributed by atoms with E-state index in [0.29, 0.717) is 12.1 Å². The molecule has 0 atom stereocenters. The molecule has 0 aromatic heterocycles. The van der Waals surface area contributed by atoms with Gasteiger partial charge in [-0.3, -0.25) is 4.79 Å². The maximum absolute atomic E-state index is 10.9. The first-order valence-electron chi connectivity index (χ1n) is 5.25. The summed E-state index contributed by atoms with van der Waals surface area (Å²) in [5.74, 6) is -0.856. The average Bonchev–Trinajstić information content (AvgIpc) is 2.17. The molecule has 86 valence electrons. The first-order chi connectivity index (χ1) is 7.42. The number of rotatable bonds is 5. The van der Waals surface area contributed by atoms with Crippen LogP contribution in [0, 0.1) is 10.8 Å². The smallest absolute Gasteiger partial charge is 0.309 e. The molecule has 0 radical (unpaired) electrons. The quantitative estimate of drug-likeness (QED) is 0.748. The Morgan fingerprint density at radius 2 is 1.88 bits per heavy atom. The molecule has 0 saturated heterocycles. The molecule has 1 aromatic carbocycles. The van der Waals surface area contributed by atoms with Gasteiger partial charge in [0.05, 0.1) is 5.41 Å². The van der Waals surface area contributed by atoms with Gasteiger partial charge >= 0.3 is 5.97 Å². The van der Waals surface area contributed by atoms with E-state index in [9.17, 15) is 4.79 Å². The van der Waals surface area contributed by atoms with Gasteiger partial charge in [-0.1, -0.05) is 30.3 Å². The second-order valence-electron chi connectivity index (χ2n) is 4.63. The van der Waals surface area contributed by atoms with Crippen LogP contribution in [0.25, 0.3) is 0 Å². The molecule has 0 aliphatic rings. The summed E-state index contributed by atoms with van der Waals surface area (Å²) in [5.41, 5.74) is 0.651. The number of hydrogen-bond donors (Lipinski definition) is 2. The minimum Gasteiger partial charge on any atom is -0.481 e. The molecule has 2 N–H and O–H groups in total. The van der Waals surface area contributed by atoms with E-state index in [-0.39, 0.29) is 6.42 Å². The number of benzene rings is 1. The molecule has 1 rings (SSSR count). The van der Waals surface area contributed by atoms with Crippen LogP contribution in [-0.4, -0.2) is 16.8 Å². The van der Waals surface area contributed by atoms with Gasteiger partial charge in [-0.2, -0.15) is 0 Å². The summed E-state index contributed by atoms with van der Waals surface area (Å²) in [6.45, 7) is 3.30. The van der Waals surface area contributed by atoms with Gasteiger partial charge in [0.15, 0.2) is 0 Å². The van der Waals surface area contributed by atoms with Gasteiger partial charge in [-0.25, -0.2) is 0 Å². The van der Waals surface area contributed by atoms with Crippen LogP contribution in [0.4, 0.5) is 0 Å². The summed E-state index contributed by atoms with van der Waals surface area (Å²) in [6, 6.07) is 9.66. The number of carbonyl (C=O) groups is 1. The van der Waals surface area contributed by atoms with Crippen LogP contribution in [0.3, 0.4) is 0 Å². The van der Waals surface area contributed by atoms with Gasteiger partial charge in [0.1, 0.15) is 0 Å². The number of hydrogen-bond acceptors (Lipinski definition) is 2. The number of nitrogens with one attached hydrogen (secondary N) is 1. The summed E-state index contributed by atoms with van der Waals surface area (Å²) in [5, 5.41) is 16.8. The van der Waals surface area contributed by atoms with Crippen molar-refractivity contribution in [3.05, 3.63) is 35.9 Å². The van der Waals surface area contributed by atoms with Crippen LogP contribution >= 0.6 is 0 Å². The highest BCUT2D eigenvalue weighted by Crippen LogP contribution is 2.21. The molecule has 0 amide bonds. The fourth-order valence-corrected chi connectivity index (χ4v) is 1.51. The minimum absolute atomic E-state index is 0.289. The highest BCUT2D eigenvalue weighted by Gasteiger charge is 2.28. The molecule has 3 nitrogen and oxygen atoms in total. The van der Waals surface area contributed by atoms with Crippen molar-refractivity contribution in [1.82, 2.24) is 0 Å². The molecule has 0 bridgehead atoms. The maximum atomic E-state index is 10.9. The van der Waals surface area contributed by atoms with Gasteiger partial charge in [0, 0.05) is 18.6 Å². The van der Waals surface area contributed by atoms with E-state index in [1.807, 2.05) is 30.3 Å². The van der Waals surface area contributed by atoms with Crippen molar-refractivity contribution in [1.29, 1.82) is 5.41 Å². The fourth-order valence-electron chi connectivity index (χ4n) is 1.51. The second kappa shape index (κ2) is 4.92. The Bertz CT molecular complexity index is 382. The summed E-state index contributed by atoms with van der Waals surface area (Å²) < 4.78 is 0. The van der Waals surface area contributed by atoms with E-state index in [0.717, 1.165) is 5.56 Å². The van der Waals surface area contributed by atoms with Crippen molar-refractivity contribution in [3.63, 3.8) is 0 Å². The van der Waals surface area contributed by atoms with Gasteiger partial charge < -0.3 is 10.5 Å². The second-order valence-corrected chi connectivity index (χ2v) is 4.63. The van der Waals surface area contributed by atoms with Crippen molar-refractivity contribution < 1.29 is 9.90 Å². The third kappa shape index (κ3) is 3.50. The zero-order valence-electron chi connectivity index (χ0n) is 9.66. The van der Waals surface area contributed by atoms with Crippen LogP contribution < -0.4 is 0 Å². The molecular formula is C13H17NO2. The highest BCUT2D eigenvalue weighted by molar-refractivity contribution is 5.88. The molecule has 0 unspecified atom stereocenters. The lowest BCUT2D eigenvalue weighted by molar-refractivity contribution is -0.146. The molecule has 3 heteroatoms. The molecule has 0 spiro atoms. The summed E-state index contributed by atoms with van der Waals surface area (Å²) in [7, 11) is 0. The number of aliphatic carboxylic acids is 1. The fraction of sp³-hybridized carbons (Fsp3) is 0.385. The van der Waals surface area contributed by atoms with Crippen LogP contribution in [0.15, 0.2) is 30.3 Å². The monoisotopic (exact) mass is 219 g/mol. The molecule has 0 saturated carbocycles. The lowest BCUT2D eigenvalue weighted by atomic mass is 9.85. The van der Waals surface area contributed by atoms with Crippen molar-refractivity contribution in [3.8, 4) is 0 Å². The van der Waals surface area contributed by atoms with Crippen LogP contribution in [0.1, 0.15) is 25.8 Å². The maximum Gasteiger partial charge on any atom is 0.309 e. The highest BCUT2D eigenvalue weighted by atomic mass is 16.4. The Morgan fingerprint density at radius 3 is 2.38 bits per heavy atom. The van der Waals surface area contributed by atoms with Crippen molar-refractivity contribution >= 4 is 11.7 Å². The van der Waals surface area contributed by atoms with Crippen molar-refractivity contribution in [2.24, 2.45) is 5.41 Å². The predicted octanol–water partition coefficient (Wildman–Crippen LogP) is 2.75. The summed E-state index contributed by atoms with van der Waals surface area (Å²) >= 11 is 0. The predicted molar refractivity (Wildman–Crippen MR) is 63.9 cm³/mol. The molecule has 16 heavy (non-hydrogen) atoms. The SMILES string of the molecule is CC(C)(CC(=N)Cc1ccccc1)C(=O)O. The van der Waals surface area contributed by atoms with Gasteiger partial charge in [-0.05, 0) is 19.4 Å². The van der Waals surface area contributed by atoms with Crippen LogP contribution in [0.5, 0.6) is 0 Å². The Balaban J connectivity index is 2.58. The molecule has 1 aromatic rings. The lowest BCUT2D eigenvalue weighted by Gasteiger charge is -2.19. The zero-order valence-corrected chi connectivity index (χ0v) is 9.66. The van der Waals surface area contributed by atoms with E-state index >= 15 is 0 Å². The van der Waals surface area contributed by atoms with E-state index in [2.05, 4.69) is 0 Å². The first kappa shape index (κ1) is 12.4. The van der Waals surface area contributed by atoms with Crippen LogP contribution in [0.2, 0.25) is 0 Å². The van der Waals surface area contributed by atoms with E-state index in [4.69, 9.17) is 10.5 Å². The third-order valence-corrected chi connectivity index (χ3v) is 2.49. The standard InChI is InChI=1S/C13H17NO2/c1-13(2,12(15)16)9-11(14)8-10-6-4-3-5-7-10/h3-7,14H,8-9H2,1-2H3,(H,15,16).